The SMILES string of the molecule is CC(C)CC(OC(=O)NC(c1cccc(Cl)c1)C(C)C)C(=O)NC(CC1CCNC1=O)C(=O)C(=O)NC1CC1. The van der Waals surface area contributed by atoms with Gasteiger partial charge < -0.3 is 26.0 Å². The lowest BCUT2D eigenvalue weighted by Gasteiger charge is -2.26. The molecule has 2 fully saturated rings. The molecule has 0 bridgehead atoms. The summed E-state index contributed by atoms with van der Waals surface area (Å²) in [6.07, 6.45) is 0.272. The van der Waals surface area contributed by atoms with E-state index in [-0.39, 0.29) is 36.6 Å². The van der Waals surface area contributed by atoms with E-state index < -0.39 is 47.8 Å². The zero-order chi connectivity index (χ0) is 28.7. The third-order valence-corrected chi connectivity index (χ3v) is 7.06. The van der Waals surface area contributed by atoms with Crippen molar-refractivity contribution in [3.63, 3.8) is 0 Å². The Labute approximate surface area is 234 Å². The van der Waals surface area contributed by atoms with E-state index in [1.807, 2.05) is 33.8 Å². The number of hydrogen-bond donors (Lipinski definition) is 4. The third kappa shape index (κ3) is 9.23. The summed E-state index contributed by atoms with van der Waals surface area (Å²) in [7, 11) is 0. The van der Waals surface area contributed by atoms with Crippen molar-refractivity contribution in [2.24, 2.45) is 17.8 Å². The summed E-state index contributed by atoms with van der Waals surface area (Å²) >= 11 is 6.13. The van der Waals surface area contributed by atoms with Crippen LogP contribution in [0.4, 0.5) is 4.79 Å². The minimum absolute atomic E-state index is 0.00192. The number of benzene rings is 1. The Kier molecular flexibility index (Phi) is 10.7. The number of carbonyl (C=O) groups is 5. The average molecular weight is 563 g/mol. The van der Waals surface area contributed by atoms with E-state index in [1.54, 1.807) is 18.2 Å². The predicted molar refractivity (Wildman–Crippen MR) is 146 cm³/mol. The van der Waals surface area contributed by atoms with E-state index >= 15 is 0 Å². The van der Waals surface area contributed by atoms with Gasteiger partial charge in [-0.05, 0) is 61.6 Å². The number of amides is 4. The minimum atomic E-state index is -1.22. The predicted octanol–water partition coefficient (Wildman–Crippen LogP) is 3.04. The van der Waals surface area contributed by atoms with E-state index in [2.05, 4.69) is 21.3 Å². The summed E-state index contributed by atoms with van der Waals surface area (Å²) in [5.74, 6) is -3.05. The van der Waals surface area contributed by atoms with Crippen LogP contribution in [-0.4, -0.2) is 54.3 Å². The molecule has 1 saturated carbocycles. The Morgan fingerprint density at radius 3 is 2.36 bits per heavy atom. The van der Waals surface area contributed by atoms with E-state index in [9.17, 15) is 24.0 Å². The number of alkyl carbamates (subject to hydrolysis) is 1. The lowest BCUT2D eigenvalue weighted by Crippen LogP contribution is -2.52. The molecule has 11 heteroatoms. The average Bonchev–Trinajstić information content (AvgIpc) is 3.59. The summed E-state index contributed by atoms with van der Waals surface area (Å²) < 4.78 is 5.58. The molecule has 1 aromatic carbocycles. The summed E-state index contributed by atoms with van der Waals surface area (Å²) in [5, 5.41) is 11.3. The largest absolute Gasteiger partial charge is 0.436 e. The molecule has 39 heavy (non-hydrogen) atoms. The van der Waals surface area contributed by atoms with Crippen LogP contribution in [0.25, 0.3) is 0 Å². The lowest BCUT2D eigenvalue weighted by molar-refractivity contribution is -0.142. The fraction of sp³-hybridized carbons (Fsp3) is 0.607. The normalized spacial score (nSPS) is 19.2. The molecule has 1 heterocycles. The smallest absolute Gasteiger partial charge is 0.408 e. The Balaban J connectivity index is 1.72. The van der Waals surface area contributed by atoms with Gasteiger partial charge in [-0.1, -0.05) is 51.4 Å². The molecule has 0 aromatic heterocycles. The first-order chi connectivity index (χ1) is 18.4. The Morgan fingerprint density at radius 2 is 1.79 bits per heavy atom. The maximum atomic E-state index is 13.4. The van der Waals surface area contributed by atoms with E-state index in [0.717, 1.165) is 18.4 Å². The van der Waals surface area contributed by atoms with Crippen molar-refractivity contribution in [2.75, 3.05) is 6.54 Å². The fourth-order valence-corrected chi connectivity index (χ4v) is 4.75. The Bertz CT molecular complexity index is 1070. The van der Waals surface area contributed by atoms with Crippen molar-refractivity contribution in [2.45, 2.75) is 84.0 Å². The second-order valence-corrected chi connectivity index (χ2v) is 11.6. The van der Waals surface area contributed by atoms with E-state index in [4.69, 9.17) is 16.3 Å². The monoisotopic (exact) mass is 562 g/mol. The van der Waals surface area contributed by atoms with Crippen molar-refractivity contribution < 1.29 is 28.7 Å². The standard InChI is InChI=1S/C28H39ClN4O6/c1-15(2)12-22(39-28(38)33-23(16(3)4)17-6-5-7-19(29)13-17)26(36)32-21(14-18-10-11-30-25(18)35)24(34)27(37)31-20-8-9-20/h5-7,13,15-16,18,20-23H,8-12,14H2,1-4H3,(H,30,35)(H,31,37)(H,32,36)(H,33,38). The summed E-state index contributed by atoms with van der Waals surface area (Å²) in [6.45, 7) is 8.09. The summed E-state index contributed by atoms with van der Waals surface area (Å²) in [4.78, 5) is 64.0. The van der Waals surface area contributed by atoms with Crippen LogP contribution in [0.15, 0.2) is 24.3 Å². The van der Waals surface area contributed by atoms with Crippen LogP contribution in [0.5, 0.6) is 0 Å². The van der Waals surface area contributed by atoms with Crippen LogP contribution in [0.2, 0.25) is 5.02 Å². The maximum absolute atomic E-state index is 13.4. The Hall–Kier alpha value is -3.14. The highest BCUT2D eigenvalue weighted by molar-refractivity contribution is 6.38. The Morgan fingerprint density at radius 1 is 1.08 bits per heavy atom. The van der Waals surface area contributed by atoms with Gasteiger partial charge in [0.15, 0.2) is 6.10 Å². The van der Waals surface area contributed by atoms with Crippen LogP contribution in [-0.2, 0) is 23.9 Å². The molecule has 4 amide bonds. The van der Waals surface area contributed by atoms with Gasteiger partial charge >= 0.3 is 6.09 Å². The van der Waals surface area contributed by atoms with Gasteiger partial charge in [0.1, 0.15) is 0 Å². The number of rotatable bonds is 13. The van der Waals surface area contributed by atoms with Gasteiger partial charge in [-0.15, -0.1) is 0 Å². The topological polar surface area (TPSA) is 143 Å². The summed E-state index contributed by atoms with van der Waals surface area (Å²) in [5.41, 5.74) is 0.793. The molecule has 0 radical (unpaired) electrons. The number of carbonyl (C=O) groups excluding carboxylic acids is 5. The molecule has 4 unspecified atom stereocenters. The zero-order valence-electron chi connectivity index (χ0n) is 22.9. The maximum Gasteiger partial charge on any atom is 0.408 e. The number of halogens is 1. The first kappa shape index (κ1) is 30.4. The van der Waals surface area contributed by atoms with Gasteiger partial charge in [-0.3, -0.25) is 19.2 Å². The fourth-order valence-electron chi connectivity index (χ4n) is 4.56. The van der Waals surface area contributed by atoms with Crippen molar-refractivity contribution in [3.8, 4) is 0 Å². The molecule has 4 atom stereocenters. The van der Waals surface area contributed by atoms with Gasteiger partial charge in [0.2, 0.25) is 11.7 Å². The van der Waals surface area contributed by atoms with Crippen molar-refractivity contribution in [3.05, 3.63) is 34.9 Å². The molecule has 3 rings (SSSR count). The lowest BCUT2D eigenvalue weighted by atomic mass is 9.94. The van der Waals surface area contributed by atoms with Gasteiger partial charge in [0.05, 0.1) is 12.1 Å². The number of ketones is 1. The molecular formula is C28H39ClN4O6. The highest BCUT2D eigenvalue weighted by atomic mass is 35.5. The number of ether oxygens (including phenoxy) is 1. The van der Waals surface area contributed by atoms with Crippen molar-refractivity contribution in [1.82, 2.24) is 21.3 Å². The van der Waals surface area contributed by atoms with Gasteiger partial charge in [0.25, 0.3) is 11.8 Å². The number of nitrogens with one attached hydrogen (secondary N) is 4. The zero-order valence-corrected chi connectivity index (χ0v) is 23.7. The van der Waals surface area contributed by atoms with Crippen LogP contribution in [0, 0.1) is 17.8 Å². The molecule has 1 saturated heterocycles. The molecule has 4 N–H and O–H groups in total. The molecule has 1 aliphatic carbocycles. The van der Waals surface area contributed by atoms with Gasteiger partial charge in [-0.2, -0.15) is 0 Å². The van der Waals surface area contributed by atoms with Crippen molar-refractivity contribution in [1.29, 1.82) is 0 Å². The third-order valence-electron chi connectivity index (χ3n) is 6.83. The van der Waals surface area contributed by atoms with Crippen molar-refractivity contribution >= 4 is 41.2 Å². The number of Topliss-reactive ketones (excluding diaryl/α,β-unsaturated/α-hetero) is 1. The molecule has 1 aromatic rings. The highest BCUT2D eigenvalue weighted by Gasteiger charge is 2.37. The molecule has 2 aliphatic rings. The highest BCUT2D eigenvalue weighted by Crippen LogP contribution is 2.25. The van der Waals surface area contributed by atoms with Gasteiger partial charge in [-0.25, -0.2) is 4.79 Å². The quantitative estimate of drug-likeness (QED) is 0.272. The second kappa shape index (κ2) is 13.8. The van der Waals surface area contributed by atoms with E-state index in [1.165, 1.54) is 0 Å². The summed E-state index contributed by atoms with van der Waals surface area (Å²) in [6, 6.07) is 5.45. The molecule has 0 spiro atoms. The van der Waals surface area contributed by atoms with E-state index in [0.29, 0.717) is 18.0 Å². The van der Waals surface area contributed by atoms with Crippen LogP contribution >= 0.6 is 11.6 Å². The molecule has 10 nitrogen and oxygen atoms in total. The second-order valence-electron chi connectivity index (χ2n) is 11.1. The molecular weight excluding hydrogens is 524 g/mol. The molecule has 214 valence electrons. The minimum Gasteiger partial charge on any atom is -0.436 e. The first-order valence-corrected chi connectivity index (χ1v) is 14.0. The number of hydrogen-bond acceptors (Lipinski definition) is 6. The van der Waals surface area contributed by atoms with Crippen LogP contribution < -0.4 is 21.3 Å². The van der Waals surface area contributed by atoms with Crippen LogP contribution in [0.1, 0.15) is 71.4 Å². The first-order valence-electron chi connectivity index (χ1n) is 13.6. The van der Waals surface area contributed by atoms with Gasteiger partial charge in [0, 0.05) is 23.5 Å². The molecule has 1 aliphatic heterocycles. The van der Waals surface area contributed by atoms with Crippen LogP contribution in [0.3, 0.4) is 0 Å².